The topological polar surface area (TPSA) is 84.5 Å². The van der Waals surface area contributed by atoms with Crippen LogP contribution in [0.5, 0.6) is 0 Å². The number of nitro benzene ring substituents is 1. The fraction of sp³-hybridized carbons (Fsp3) is 0.238. The van der Waals surface area contributed by atoms with Crippen molar-refractivity contribution < 1.29 is 22.9 Å². The number of halogens is 4. The number of alkyl halides is 3. The summed E-state index contributed by atoms with van der Waals surface area (Å²) in [6.07, 6.45) is -3.87. The van der Waals surface area contributed by atoms with Gasteiger partial charge in [0.1, 0.15) is 0 Å². The van der Waals surface area contributed by atoms with E-state index in [1.807, 2.05) is 4.90 Å². The van der Waals surface area contributed by atoms with E-state index >= 15 is 0 Å². The number of amides is 1. The van der Waals surface area contributed by atoms with Gasteiger partial charge in [-0.15, -0.1) is 0 Å². The molecule has 4 rings (SSSR count). The number of carbonyl (C=O) groups is 1. The summed E-state index contributed by atoms with van der Waals surface area (Å²) in [5.74, 6) is -0.758. The molecule has 0 aliphatic carbocycles. The van der Waals surface area contributed by atoms with E-state index in [9.17, 15) is 28.1 Å². The van der Waals surface area contributed by atoms with Gasteiger partial charge >= 0.3 is 6.18 Å². The van der Waals surface area contributed by atoms with Crippen LogP contribution in [0.15, 0.2) is 54.7 Å². The Morgan fingerprint density at radius 2 is 1.55 bits per heavy atom. The van der Waals surface area contributed by atoms with Crippen molar-refractivity contribution in [2.75, 3.05) is 31.1 Å². The molecule has 1 amide bonds. The SMILES string of the molecule is O=C(c1cnn(-c2ccc(Cl)cc2)c1C(F)(F)F)N1CCN(c2ccc([N+](=O)[O-])cc2)CC1. The van der Waals surface area contributed by atoms with Crippen molar-refractivity contribution in [3.05, 3.63) is 81.1 Å². The summed E-state index contributed by atoms with van der Waals surface area (Å²) in [6, 6.07) is 11.6. The molecule has 2 heterocycles. The van der Waals surface area contributed by atoms with Gasteiger partial charge in [0.2, 0.25) is 0 Å². The Labute approximate surface area is 190 Å². The molecule has 33 heavy (non-hydrogen) atoms. The summed E-state index contributed by atoms with van der Waals surface area (Å²) in [7, 11) is 0. The van der Waals surface area contributed by atoms with Crippen molar-refractivity contribution in [1.82, 2.24) is 14.7 Å². The summed E-state index contributed by atoms with van der Waals surface area (Å²) < 4.78 is 42.4. The molecule has 12 heteroatoms. The molecule has 1 saturated heterocycles. The number of nitro groups is 1. The van der Waals surface area contributed by atoms with Crippen LogP contribution < -0.4 is 4.90 Å². The Morgan fingerprint density at radius 1 is 0.970 bits per heavy atom. The second-order valence-electron chi connectivity index (χ2n) is 7.35. The second kappa shape index (κ2) is 8.74. The Hall–Kier alpha value is -3.60. The van der Waals surface area contributed by atoms with Crippen molar-refractivity contribution in [1.29, 1.82) is 0 Å². The van der Waals surface area contributed by atoms with E-state index in [4.69, 9.17) is 11.6 Å². The largest absolute Gasteiger partial charge is 0.434 e. The van der Waals surface area contributed by atoms with Crippen LogP contribution in [-0.4, -0.2) is 51.7 Å². The molecule has 0 spiro atoms. The van der Waals surface area contributed by atoms with E-state index in [-0.39, 0.29) is 24.5 Å². The molecular weight excluding hydrogens is 463 g/mol. The molecule has 1 aromatic heterocycles. The van der Waals surface area contributed by atoms with Gasteiger partial charge in [0.25, 0.3) is 11.6 Å². The molecule has 1 aliphatic rings. The van der Waals surface area contributed by atoms with Gasteiger partial charge in [-0.05, 0) is 36.4 Å². The van der Waals surface area contributed by atoms with Crippen LogP contribution in [0.1, 0.15) is 16.1 Å². The zero-order chi connectivity index (χ0) is 23.8. The molecule has 3 aromatic rings. The minimum Gasteiger partial charge on any atom is -0.368 e. The van der Waals surface area contributed by atoms with Gasteiger partial charge in [-0.3, -0.25) is 14.9 Å². The molecule has 0 unspecified atom stereocenters. The number of anilines is 1. The van der Waals surface area contributed by atoms with E-state index in [0.717, 1.165) is 11.9 Å². The molecule has 2 aromatic carbocycles. The third-order valence-electron chi connectivity index (χ3n) is 5.33. The van der Waals surface area contributed by atoms with Gasteiger partial charge in [-0.2, -0.15) is 18.3 Å². The molecular formula is C21H17ClF3N5O3. The molecule has 0 bridgehead atoms. The second-order valence-corrected chi connectivity index (χ2v) is 7.78. The van der Waals surface area contributed by atoms with Crippen LogP contribution in [0.25, 0.3) is 5.69 Å². The lowest BCUT2D eigenvalue weighted by molar-refractivity contribution is -0.384. The number of benzene rings is 2. The highest BCUT2D eigenvalue weighted by molar-refractivity contribution is 6.30. The predicted octanol–water partition coefficient (Wildman–Crippen LogP) is 4.42. The zero-order valence-electron chi connectivity index (χ0n) is 17.0. The molecule has 8 nitrogen and oxygen atoms in total. The minimum atomic E-state index is -4.80. The first kappa shape index (κ1) is 22.6. The van der Waals surface area contributed by atoms with Crippen LogP contribution in [0.2, 0.25) is 5.02 Å². The van der Waals surface area contributed by atoms with E-state index < -0.39 is 28.3 Å². The highest BCUT2D eigenvalue weighted by Crippen LogP contribution is 2.34. The van der Waals surface area contributed by atoms with Gasteiger partial charge < -0.3 is 9.80 Å². The number of nitrogens with zero attached hydrogens (tertiary/aromatic N) is 5. The number of non-ortho nitro benzene ring substituents is 1. The fourth-order valence-electron chi connectivity index (χ4n) is 3.68. The van der Waals surface area contributed by atoms with Crippen LogP contribution in [0, 0.1) is 10.1 Å². The van der Waals surface area contributed by atoms with Crippen LogP contribution in [-0.2, 0) is 6.18 Å². The maximum atomic E-state index is 13.9. The van der Waals surface area contributed by atoms with Gasteiger partial charge in [-0.25, -0.2) is 4.68 Å². The monoisotopic (exact) mass is 479 g/mol. The first-order valence-corrected chi connectivity index (χ1v) is 10.2. The van der Waals surface area contributed by atoms with Crippen molar-refractivity contribution in [3.63, 3.8) is 0 Å². The maximum absolute atomic E-state index is 13.9. The number of rotatable bonds is 4. The first-order chi connectivity index (χ1) is 15.6. The van der Waals surface area contributed by atoms with Crippen molar-refractivity contribution in [3.8, 4) is 5.69 Å². The van der Waals surface area contributed by atoms with E-state index in [1.54, 1.807) is 12.1 Å². The molecule has 0 N–H and O–H groups in total. The standard InChI is InChI=1S/C21H17ClF3N5O3/c22-14-1-3-16(4-2-14)29-19(21(23,24)25)18(13-26-29)20(31)28-11-9-27(10-12-28)15-5-7-17(8-6-15)30(32)33/h1-8,13H,9-12H2. The van der Waals surface area contributed by atoms with Gasteiger partial charge in [-0.1, -0.05) is 11.6 Å². The van der Waals surface area contributed by atoms with Gasteiger partial charge in [0, 0.05) is 49.0 Å². The number of aromatic nitrogens is 2. The Morgan fingerprint density at radius 3 is 2.09 bits per heavy atom. The molecule has 1 fully saturated rings. The van der Waals surface area contributed by atoms with E-state index in [1.165, 1.54) is 41.3 Å². The third-order valence-corrected chi connectivity index (χ3v) is 5.58. The lowest BCUT2D eigenvalue weighted by Gasteiger charge is -2.36. The van der Waals surface area contributed by atoms with Gasteiger partial charge in [0.15, 0.2) is 5.69 Å². The lowest BCUT2D eigenvalue weighted by Crippen LogP contribution is -2.49. The number of carbonyl (C=O) groups excluding carboxylic acids is 1. The maximum Gasteiger partial charge on any atom is 0.434 e. The summed E-state index contributed by atoms with van der Waals surface area (Å²) in [6.45, 7) is 1.13. The van der Waals surface area contributed by atoms with E-state index in [2.05, 4.69) is 5.10 Å². The summed E-state index contributed by atoms with van der Waals surface area (Å²) in [4.78, 5) is 26.6. The van der Waals surface area contributed by atoms with Crippen molar-refractivity contribution in [2.24, 2.45) is 0 Å². The molecule has 0 saturated carbocycles. The average molecular weight is 480 g/mol. The van der Waals surface area contributed by atoms with Crippen LogP contribution >= 0.6 is 11.6 Å². The first-order valence-electron chi connectivity index (χ1n) is 9.85. The minimum absolute atomic E-state index is 0.0371. The normalized spacial score (nSPS) is 14.4. The summed E-state index contributed by atoms with van der Waals surface area (Å²) in [5, 5.41) is 15.0. The fourth-order valence-corrected chi connectivity index (χ4v) is 3.81. The summed E-state index contributed by atoms with van der Waals surface area (Å²) in [5.41, 5.74) is -0.841. The van der Waals surface area contributed by atoms with Crippen molar-refractivity contribution in [2.45, 2.75) is 6.18 Å². The Kier molecular flexibility index (Phi) is 5.98. The highest BCUT2D eigenvalue weighted by Gasteiger charge is 2.41. The van der Waals surface area contributed by atoms with Crippen LogP contribution in [0.4, 0.5) is 24.5 Å². The molecule has 0 atom stereocenters. The number of hydrogen-bond donors (Lipinski definition) is 0. The predicted molar refractivity (Wildman–Crippen MR) is 115 cm³/mol. The van der Waals surface area contributed by atoms with Crippen molar-refractivity contribution >= 4 is 28.9 Å². The van der Waals surface area contributed by atoms with Crippen LogP contribution in [0.3, 0.4) is 0 Å². The Balaban J connectivity index is 1.53. The molecule has 0 radical (unpaired) electrons. The zero-order valence-corrected chi connectivity index (χ0v) is 17.8. The Bertz CT molecular complexity index is 1170. The van der Waals surface area contributed by atoms with E-state index in [0.29, 0.717) is 22.8 Å². The number of hydrogen-bond acceptors (Lipinski definition) is 5. The quantitative estimate of drug-likeness (QED) is 0.408. The molecule has 1 aliphatic heterocycles. The molecule has 172 valence electrons. The smallest absolute Gasteiger partial charge is 0.368 e. The van der Waals surface area contributed by atoms with Gasteiger partial charge in [0.05, 0.1) is 22.4 Å². The highest BCUT2D eigenvalue weighted by atomic mass is 35.5. The number of piperazine rings is 1. The summed E-state index contributed by atoms with van der Waals surface area (Å²) >= 11 is 5.82. The third kappa shape index (κ3) is 4.63. The lowest BCUT2D eigenvalue weighted by atomic mass is 10.1. The average Bonchev–Trinajstić information content (AvgIpc) is 3.25.